The molecule has 6 heteroatoms. The van der Waals surface area contributed by atoms with Gasteiger partial charge in [0.2, 0.25) is 0 Å². The molecule has 0 aliphatic rings. The summed E-state index contributed by atoms with van der Waals surface area (Å²) in [6.07, 6.45) is 0. The van der Waals surface area contributed by atoms with E-state index in [0.29, 0.717) is 12.1 Å². The van der Waals surface area contributed by atoms with Crippen LogP contribution in [0.1, 0.15) is 49.1 Å². The number of methoxy groups -OCH3 is 1. The Labute approximate surface area is 215 Å². The van der Waals surface area contributed by atoms with Crippen LogP contribution in [-0.2, 0) is 16.3 Å². The molecule has 1 aromatic heterocycles. The van der Waals surface area contributed by atoms with E-state index in [-0.39, 0.29) is 9.16 Å². The summed E-state index contributed by atoms with van der Waals surface area (Å²) in [7, 11) is 1.69. The van der Waals surface area contributed by atoms with Crippen LogP contribution in [0.2, 0.25) is 0 Å². The fourth-order valence-corrected chi connectivity index (χ4v) is 5.54. The SMILES string of the molecule is COc1ccc2c(C(C)([At])NCc3ccc(F)c(F)c3)c(C(C)C)n(Cc3ccccc3)c2c1. The summed E-state index contributed by atoms with van der Waals surface area (Å²) in [5.74, 6) is -0.558. The molecule has 34 heavy (non-hydrogen) atoms. The normalized spacial score (nSPS) is 13.4. The van der Waals surface area contributed by atoms with Gasteiger partial charge in [0.05, 0.1) is 0 Å². The second kappa shape index (κ2) is 10.1. The van der Waals surface area contributed by atoms with Crippen LogP contribution in [0.25, 0.3) is 10.9 Å². The molecule has 0 amide bonds. The number of rotatable bonds is 8. The van der Waals surface area contributed by atoms with Crippen LogP contribution >= 0.6 is 0 Å². The predicted molar refractivity (Wildman–Crippen MR) is 129 cm³/mol. The molecule has 3 nitrogen and oxygen atoms in total. The van der Waals surface area contributed by atoms with Crippen LogP contribution in [0, 0.1) is 36.4 Å². The minimum atomic E-state index is -0.827. The average molecular weight is 658 g/mol. The number of nitrogens with zero attached hydrogens (tertiary/aromatic N) is 1. The third kappa shape index (κ3) is 5.04. The van der Waals surface area contributed by atoms with Gasteiger partial charge in [0.25, 0.3) is 0 Å². The van der Waals surface area contributed by atoms with Crippen LogP contribution in [-0.4, -0.2) is 11.7 Å². The van der Waals surface area contributed by atoms with Crippen LogP contribution in [0.3, 0.4) is 0 Å². The molecule has 0 aliphatic carbocycles. The summed E-state index contributed by atoms with van der Waals surface area (Å²) in [5, 5.41) is 4.79. The zero-order valence-corrected chi connectivity index (χ0v) is 22.8. The maximum absolute atomic E-state index is 13.8. The van der Waals surface area contributed by atoms with E-state index in [1.165, 1.54) is 34.3 Å². The number of nitrogens with one attached hydrogen (secondary N) is 1. The number of ether oxygens (including phenoxy) is 1. The Hall–Kier alpha value is -2.30. The molecule has 0 bridgehead atoms. The number of halogens is 2. The first-order chi connectivity index (χ1) is 16.2. The van der Waals surface area contributed by atoms with Crippen LogP contribution in [0.15, 0.2) is 66.7 Å². The molecule has 1 heterocycles. The van der Waals surface area contributed by atoms with Crippen molar-refractivity contribution in [3.63, 3.8) is 0 Å². The van der Waals surface area contributed by atoms with Crippen molar-refractivity contribution in [2.24, 2.45) is 0 Å². The summed E-state index contributed by atoms with van der Waals surface area (Å²) in [5.41, 5.74) is 5.56. The Morgan fingerprint density at radius 1 is 0.971 bits per heavy atom. The van der Waals surface area contributed by atoms with E-state index in [9.17, 15) is 8.78 Å². The van der Waals surface area contributed by atoms with Gasteiger partial charge in [-0.25, -0.2) is 0 Å². The molecule has 0 saturated carbocycles. The first-order valence-corrected chi connectivity index (χ1v) is 12.8. The Morgan fingerprint density at radius 2 is 1.71 bits per heavy atom. The fraction of sp³-hybridized carbons (Fsp3) is 0.286. The minimum absolute atomic E-state index is 0.274. The van der Waals surface area contributed by atoms with Crippen LogP contribution in [0.4, 0.5) is 8.78 Å². The van der Waals surface area contributed by atoms with Crippen molar-refractivity contribution in [3.05, 3.63) is 101 Å². The number of hydrogen-bond acceptors (Lipinski definition) is 2. The predicted octanol–water partition coefficient (Wildman–Crippen LogP) is 6.61. The molecule has 0 aliphatic heterocycles. The molecule has 1 unspecified atom stereocenters. The second-order valence-electron chi connectivity index (χ2n) is 8.97. The summed E-state index contributed by atoms with van der Waals surface area (Å²) in [6.45, 7) is 7.79. The molecule has 3 aromatic carbocycles. The monoisotopic (exact) mass is 657 g/mol. The molecular formula is C28H29AtF2N2O. The van der Waals surface area contributed by atoms with Crippen molar-refractivity contribution >= 4 is 10.9 Å². The number of fused-ring (bicyclic) bond motifs is 1. The van der Waals surface area contributed by atoms with Gasteiger partial charge >= 0.3 is 216 Å². The van der Waals surface area contributed by atoms with Crippen molar-refractivity contribution in [1.29, 1.82) is 0 Å². The molecule has 0 spiro atoms. The first-order valence-electron chi connectivity index (χ1n) is 11.3. The third-order valence-corrected chi connectivity index (χ3v) is 7.37. The fourth-order valence-electron chi connectivity index (χ4n) is 4.51. The molecule has 4 aromatic rings. The quantitative estimate of drug-likeness (QED) is 0.231. The van der Waals surface area contributed by atoms with E-state index in [1.807, 2.05) is 12.1 Å². The molecular weight excluding hydrogens is 628 g/mol. The summed E-state index contributed by atoms with van der Waals surface area (Å²) in [6, 6.07) is 20.7. The van der Waals surface area contributed by atoms with Gasteiger partial charge in [0.1, 0.15) is 0 Å². The Balaban J connectivity index is 1.83. The molecule has 4 rings (SSSR count). The number of benzene rings is 3. The van der Waals surface area contributed by atoms with Gasteiger partial charge < -0.3 is 0 Å². The summed E-state index contributed by atoms with van der Waals surface area (Å²) in [4.78, 5) is 0. The molecule has 0 saturated heterocycles. The third-order valence-electron chi connectivity index (χ3n) is 6.12. The molecule has 1 N–H and O–H groups in total. The van der Waals surface area contributed by atoms with Gasteiger partial charge in [-0.3, -0.25) is 0 Å². The second-order valence-corrected chi connectivity index (χ2v) is 11.9. The van der Waals surface area contributed by atoms with Gasteiger partial charge in [-0.05, 0) is 0 Å². The van der Waals surface area contributed by atoms with Crippen molar-refractivity contribution in [2.75, 3.05) is 7.11 Å². The van der Waals surface area contributed by atoms with E-state index in [4.69, 9.17) is 4.74 Å². The standard InChI is InChI=1S/C28H29AtF2N2O/c1-18(2)27-26(28(3,29)32-16-20-10-13-23(30)24(31)14-20)22-12-11-21(34-4)15-25(22)33(27)17-19-8-6-5-7-9-19/h5-15,18,32H,16-17H2,1-4H3. The van der Waals surface area contributed by atoms with Gasteiger partial charge in [-0.1, -0.05) is 0 Å². The Kier molecular flexibility index (Phi) is 7.40. The topological polar surface area (TPSA) is 26.2 Å². The number of aromatic nitrogens is 1. The molecule has 178 valence electrons. The van der Waals surface area contributed by atoms with Crippen molar-refractivity contribution < 1.29 is 38.2 Å². The van der Waals surface area contributed by atoms with Crippen molar-refractivity contribution in [1.82, 2.24) is 9.88 Å². The van der Waals surface area contributed by atoms with E-state index in [1.54, 1.807) is 37.9 Å². The Morgan fingerprint density at radius 3 is 2.35 bits per heavy atom. The van der Waals surface area contributed by atoms with Crippen molar-refractivity contribution in [3.8, 4) is 5.75 Å². The van der Waals surface area contributed by atoms with Crippen molar-refractivity contribution in [2.45, 2.75) is 43.0 Å². The molecule has 0 fully saturated rings. The molecule has 1 atom stereocenters. The van der Waals surface area contributed by atoms with Crippen LogP contribution < -0.4 is 10.1 Å². The number of hydrogen-bond donors (Lipinski definition) is 1. The summed E-state index contributed by atoms with van der Waals surface area (Å²) < 4.78 is 34.7. The maximum atomic E-state index is 13.8. The zero-order valence-electron chi connectivity index (χ0n) is 19.8. The zero-order chi connectivity index (χ0) is 24.5. The van der Waals surface area contributed by atoms with Gasteiger partial charge in [0, 0.05) is 0 Å². The molecule has 0 radical (unpaired) electrons. The van der Waals surface area contributed by atoms with Gasteiger partial charge in [-0.15, -0.1) is 0 Å². The van der Waals surface area contributed by atoms with Gasteiger partial charge in [0.15, 0.2) is 0 Å². The average Bonchev–Trinajstić information content (AvgIpc) is 3.15. The first kappa shape index (κ1) is 24.8. The van der Waals surface area contributed by atoms with E-state index < -0.39 is 11.6 Å². The van der Waals surface area contributed by atoms with E-state index in [0.717, 1.165) is 17.8 Å². The van der Waals surface area contributed by atoms with E-state index in [2.05, 4.69) is 67.1 Å². The van der Waals surface area contributed by atoms with Gasteiger partial charge in [-0.2, -0.15) is 0 Å². The Bertz CT molecular complexity index is 1300. The summed E-state index contributed by atoms with van der Waals surface area (Å²) >= 11 is 1.61. The van der Waals surface area contributed by atoms with E-state index >= 15 is 0 Å². The van der Waals surface area contributed by atoms with Crippen LogP contribution in [0.5, 0.6) is 5.75 Å².